The number of carbonyl (C=O) groups excluding carboxylic acids is 3. The third-order valence-electron chi connectivity index (χ3n) is 1.55. The van der Waals surface area contributed by atoms with Crippen molar-refractivity contribution in [2.75, 3.05) is 26.7 Å². The Morgan fingerprint density at radius 2 is 1.87 bits per heavy atom. The molecular weight excluding hydrogens is 200 g/mol. The number of likely N-dealkylation sites (N-methyl/N-ethyl adjacent to an activating group) is 2. The average molecular weight is 216 g/mol. The summed E-state index contributed by atoms with van der Waals surface area (Å²) in [6.07, 6.45) is 0. The maximum absolute atomic E-state index is 11.2. The highest BCUT2D eigenvalue weighted by Gasteiger charge is 2.21. The summed E-state index contributed by atoms with van der Waals surface area (Å²) in [5, 5.41) is 2.52. The van der Waals surface area contributed by atoms with Gasteiger partial charge in [0, 0.05) is 13.6 Å². The zero-order valence-corrected chi connectivity index (χ0v) is 9.20. The number of nitrogens with one attached hydrogen (secondary N) is 1. The molecule has 0 aliphatic carbocycles. The molecule has 0 aromatic carbocycles. The van der Waals surface area contributed by atoms with E-state index in [1.165, 1.54) is 7.05 Å². The Balaban J connectivity index is 4.09. The van der Waals surface area contributed by atoms with Gasteiger partial charge in [-0.2, -0.15) is 0 Å². The Hall–Kier alpha value is -1.59. The maximum atomic E-state index is 11.2. The molecule has 0 bridgehead atoms. The molecule has 0 saturated heterocycles. The molecule has 2 amide bonds. The molecule has 0 aromatic heterocycles. The van der Waals surface area contributed by atoms with Crippen LogP contribution in [0.2, 0.25) is 0 Å². The lowest BCUT2D eigenvalue weighted by Crippen LogP contribution is -2.41. The smallest absolute Gasteiger partial charge is 0.397 e. The lowest BCUT2D eigenvalue weighted by molar-refractivity contribution is -0.159. The number of amides is 2. The average Bonchev–Trinajstić information content (AvgIpc) is 2.17. The molecule has 0 aromatic rings. The Morgan fingerprint density at radius 3 is 2.33 bits per heavy atom. The van der Waals surface area contributed by atoms with Gasteiger partial charge < -0.3 is 15.0 Å². The van der Waals surface area contributed by atoms with Crippen molar-refractivity contribution in [2.24, 2.45) is 0 Å². The van der Waals surface area contributed by atoms with E-state index in [-0.39, 0.29) is 19.1 Å². The van der Waals surface area contributed by atoms with Gasteiger partial charge in [0.1, 0.15) is 0 Å². The largest absolute Gasteiger partial charge is 0.459 e. The summed E-state index contributed by atoms with van der Waals surface area (Å²) in [6.45, 7) is 3.85. The first-order valence-corrected chi connectivity index (χ1v) is 4.71. The summed E-state index contributed by atoms with van der Waals surface area (Å²) in [4.78, 5) is 34.3. The zero-order chi connectivity index (χ0) is 11.8. The van der Waals surface area contributed by atoms with Crippen LogP contribution in [0.1, 0.15) is 13.8 Å². The van der Waals surface area contributed by atoms with E-state index in [1.54, 1.807) is 13.8 Å². The van der Waals surface area contributed by atoms with Gasteiger partial charge in [-0.25, -0.2) is 4.79 Å². The van der Waals surface area contributed by atoms with Crippen molar-refractivity contribution in [3.8, 4) is 0 Å². The number of rotatable bonds is 4. The van der Waals surface area contributed by atoms with Gasteiger partial charge in [0.25, 0.3) is 0 Å². The van der Waals surface area contributed by atoms with Crippen molar-refractivity contribution in [3.63, 3.8) is 0 Å². The first-order chi connectivity index (χ1) is 7.02. The molecule has 0 radical (unpaired) electrons. The molecule has 1 N–H and O–H groups in total. The molecule has 0 heterocycles. The second kappa shape index (κ2) is 6.80. The van der Waals surface area contributed by atoms with Crippen LogP contribution in [-0.2, 0) is 19.1 Å². The van der Waals surface area contributed by atoms with Crippen LogP contribution >= 0.6 is 0 Å². The predicted molar refractivity (Wildman–Crippen MR) is 53.0 cm³/mol. The van der Waals surface area contributed by atoms with Gasteiger partial charge in [0.15, 0.2) is 0 Å². The van der Waals surface area contributed by atoms with Gasteiger partial charge in [-0.05, 0) is 13.8 Å². The van der Waals surface area contributed by atoms with Gasteiger partial charge in [-0.15, -0.1) is 0 Å². The SMILES string of the molecule is CCNC(=O)CN(C)C(=O)C(=O)OCC. The Labute approximate surface area is 88.6 Å². The predicted octanol–water partition coefficient (Wildman–Crippen LogP) is -0.856. The van der Waals surface area contributed by atoms with E-state index < -0.39 is 11.9 Å². The topological polar surface area (TPSA) is 75.7 Å². The van der Waals surface area contributed by atoms with Gasteiger partial charge in [0.05, 0.1) is 13.2 Å². The fraction of sp³-hybridized carbons (Fsp3) is 0.667. The molecule has 15 heavy (non-hydrogen) atoms. The summed E-state index contributed by atoms with van der Waals surface area (Å²) in [5.74, 6) is -2.06. The lowest BCUT2D eigenvalue weighted by Gasteiger charge is -2.14. The first-order valence-electron chi connectivity index (χ1n) is 4.71. The van der Waals surface area contributed by atoms with Gasteiger partial charge >= 0.3 is 11.9 Å². The number of carbonyl (C=O) groups is 3. The number of hydrogen-bond donors (Lipinski definition) is 1. The van der Waals surface area contributed by atoms with E-state index in [1.807, 2.05) is 0 Å². The Kier molecular flexibility index (Phi) is 6.08. The zero-order valence-electron chi connectivity index (χ0n) is 9.20. The van der Waals surface area contributed by atoms with E-state index in [9.17, 15) is 14.4 Å². The normalized spacial score (nSPS) is 9.27. The Bertz CT molecular complexity index is 252. The molecule has 86 valence electrons. The molecule has 6 nitrogen and oxygen atoms in total. The third kappa shape index (κ3) is 4.99. The summed E-state index contributed by atoms with van der Waals surface area (Å²) >= 11 is 0. The minimum atomic E-state index is -0.940. The van der Waals surface area contributed by atoms with E-state index in [0.717, 1.165) is 4.90 Å². The van der Waals surface area contributed by atoms with E-state index in [4.69, 9.17) is 0 Å². The number of nitrogens with zero attached hydrogens (tertiary/aromatic N) is 1. The summed E-state index contributed by atoms with van der Waals surface area (Å²) in [6, 6.07) is 0. The van der Waals surface area contributed by atoms with Gasteiger partial charge in [-0.3, -0.25) is 9.59 Å². The van der Waals surface area contributed by atoms with Crippen molar-refractivity contribution in [2.45, 2.75) is 13.8 Å². The summed E-state index contributed by atoms with van der Waals surface area (Å²) < 4.78 is 4.50. The quantitative estimate of drug-likeness (QED) is 0.490. The molecule has 0 rings (SSSR count). The standard InChI is InChI=1S/C9H16N2O4/c1-4-10-7(12)6-11(3)8(13)9(14)15-5-2/h4-6H2,1-3H3,(H,10,12). The Morgan fingerprint density at radius 1 is 1.27 bits per heavy atom. The summed E-state index contributed by atoms with van der Waals surface area (Å²) in [7, 11) is 1.37. The fourth-order valence-electron chi connectivity index (χ4n) is 0.889. The number of ether oxygens (including phenoxy) is 1. The van der Waals surface area contributed by atoms with Gasteiger partial charge in [-0.1, -0.05) is 0 Å². The molecule has 6 heteroatoms. The molecule has 0 spiro atoms. The van der Waals surface area contributed by atoms with Crippen LogP contribution in [0.5, 0.6) is 0 Å². The molecule has 0 aliphatic heterocycles. The van der Waals surface area contributed by atoms with Crippen molar-refractivity contribution >= 4 is 17.8 Å². The van der Waals surface area contributed by atoms with Crippen molar-refractivity contribution in [3.05, 3.63) is 0 Å². The van der Waals surface area contributed by atoms with E-state index in [0.29, 0.717) is 6.54 Å². The first kappa shape index (κ1) is 13.4. The van der Waals surface area contributed by atoms with Crippen molar-refractivity contribution < 1.29 is 19.1 Å². The second-order valence-corrected chi connectivity index (χ2v) is 2.84. The molecule has 0 atom stereocenters. The highest BCUT2D eigenvalue weighted by atomic mass is 16.5. The van der Waals surface area contributed by atoms with Crippen LogP contribution in [0.15, 0.2) is 0 Å². The molecule has 0 saturated carbocycles. The van der Waals surface area contributed by atoms with Crippen molar-refractivity contribution in [1.29, 1.82) is 0 Å². The van der Waals surface area contributed by atoms with Crippen LogP contribution in [0.3, 0.4) is 0 Å². The van der Waals surface area contributed by atoms with Crippen molar-refractivity contribution in [1.82, 2.24) is 10.2 Å². The summed E-state index contributed by atoms with van der Waals surface area (Å²) in [5.41, 5.74) is 0. The van der Waals surface area contributed by atoms with Gasteiger partial charge in [0.2, 0.25) is 5.91 Å². The highest BCUT2D eigenvalue weighted by molar-refractivity contribution is 6.32. The minimum Gasteiger partial charge on any atom is -0.459 e. The highest BCUT2D eigenvalue weighted by Crippen LogP contribution is 1.88. The minimum absolute atomic E-state index is 0.138. The second-order valence-electron chi connectivity index (χ2n) is 2.84. The van der Waals surface area contributed by atoms with Crippen LogP contribution in [0.4, 0.5) is 0 Å². The molecule has 0 aliphatic rings. The van der Waals surface area contributed by atoms with E-state index >= 15 is 0 Å². The fourth-order valence-corrected chi connectivity index (χ4v) is 0.889. The van der Waals surface area contributed by atoms with Crippen LogP contribution < -0.4 is 5.32 Å². The maximum Gasteiger partial charge on any atom is 0.397 e. The van der Waals surface area contributed by atoms with Crippen LogP contribution in [0, 0.1) is 0 Å². The van der Waals surface area contributed by atoms with Crippen LogP contribution in [-0.4, -0.2) is 49.4 Å². The monoisotopic (exact) mass is 216 g/mol. The molecule has 0 unspecified atom stereocenters. The molecular formula is C9H16N2O4. The van der Waals surface area contributed by atoms with Crippen LogP contribution in [0.25, 0.3) is 0 Å². The van der Waals surface area contributed by atoms with E-state index in [2.05, 4.69) is 10.1 Å². The lowest BCUT2D eigenvalue weighted by atomic mass is 10.4. The molecule has 0 fully saturated rings. The third-order valence-corrected chi connectivity index (χ3v) is 1.55. The number of hydrogen-bond acceptors (Lipinski definition) is 4. The number of esters is 1.